The van der Waals surface area contributed by atoms with Crippen LogP contribution in [0, 0.1) is 12.8 Å². The molecule has 0 spiro atoms. The van der Waals surface area contributed by atoms with Gasteiger partial charge in [-0.25, -0.2) is 13.4 Å². The van der Waals surface area contributed by atoms with E-state index in [1.807, 2.05) is 13.0 Å². The van der Waals surface area contributed by atoms with Crippen LogP contribution >= 0.6 is 0 Å². The molecule has 2 heterocycles. The zero-order chi connectivity index (χ0) is 22.0. The minimum atomic E-state index is -3.49. The van der Waals surface area contributed by atoms with Gasteiger partial charge in [-0.05, 0) is 49.8 Å². The van der Waals surface area contributed by atoms with Gasteiger partial charge in [0.05, 0.1) is 10.1 Å². The number of nitrogens with zero attached hydrogens (tertiary/aromatic N) is 2. The van der Waals surface area contributed by atoms with E-state index in [1.54, 1.807) is 12.3 Å². The first-order valence-corrected chi connectivity index (χ1v) is 12.6. The summed E-state index contributed by atoms with van der Waals surface area (Å²) in [6.07, 6.45) is 10.2. The Morgan fingerprint density at radius 2 is 1.90 bits per heavy atom. The first kappa shape index (κ1) is 21.7. The maximum Gasteiger partial charge on any atom is 0.252 e. The van der Waals surface area contributed by atoms with E-state index in [-0.39, 0.29) is 10.8 Å². The molecule has 0 aliphatic heterocycles. The second kappa shape index (κ2) is 8.94. The quantitative estimate of drug-likeness (QED) is 0.704. The molecular weight excluding hydrogens is 414 g/mol. The Bertz CT molecular complexity index is 1100. The lowest BCUT2D eigenvalue weighted by Crippen LogP contribution is -2.35. The summed E-state index contributed by atoms with van der Waals surface area (Å²) in [5, 5.41) is 2.43. The van der Waals surface area contributed by atoms with Gasteiger partial charge in [-0.2, -0.15) is 0 Å². The molecule has 166 valence electrons. The third kappa shape index (κ3) is 4.74. The number of aromatic nitrogens is 2. The molecule has 2 aromatic rings. The maximum atomic E-state index is 13.2. The Morgan fingerprint density at radius 1 is 1.16 bits per heavy atom. The highest BCUT2D eigenvalue weighted by atomic mass is 32.2. The van der Waals surface area contributed by atoms with E-state index in [0.717, 1.165) is 37.7 Å². The second-order valence-electron chi connectivity index (χ2n) is 8.82. The Labute approximate surface area is 182 Å². The number of carbonyl (C=O) groups excluding carboxylic acids is 1. The van der Waals surface area contributed by atoms with E-state index < -0.39 is 26.7 Å². The highest BCUT2D eigenvalue weighted by Gasteiger charge is 2.34. The summed E-state index contributed by atoms with van der Waals surface area (Å²) in [5.41, 5.74) is 0.524. The van der Waals surface area contributed by atoms with Gasteiger partial charge in [0.2, 0.25) is 5.91 Å². The largest absolute Gasteiger partial charge is 0.309 e. The van der Waals surface area contributed by atoms with Crippen LogP contribution in [0.4, 0.5) is 5.82 Å². The van der Waals surface area contributed by atoms with Crippen LogP contribution in [0.15, 0.2) is 46.3 Å². The number of anilines is 1. The van der Waals surface area contributed by atoms with Crippen molar-refractivity contribution < 1.29 is 13.2 Å². The number of hydrogen-bond donors (Lipinski definition) is 1. The fourth-order valence-electron chi connectivity index (χ4n) is 4.44. The number of rotatable bonds is 7. The number of carbonyl (C=O) groups is 1. The predicted octanol–water partition coefficient (Wildman–Crippen LogP) is 3.64. The fourth-order valence-corrected chi connectivity index (χ4v) is 6.29. The van der Waals surface area contributed by atoms with E-state index in [9.17, 15) is 18.0 Å². The average Bonchev–Trinajstić information content (AvgIpc) is 3.19. The van der Waals surface area contributed by atoms with Crippen molar-refractivity contribution in [1.29, 1.82) is 0 Å². The summed E-state index contributed by atoms with van der Waals surface area (Å²) in [6, 6.07) is 5.53. The Balaban J connectivity index is 1.61. The zero-order valence-corrected chi connectivity index (χ0v) is 18.6. The first-order valence-electron chi connectivity index (χ1n) is 11.0. The van der Waals surface area contributed by atoms with Crippen molar-refractivity contribution in [1.82, 2.24) is 9.55 Å². The summed E-state index contributed by atoms with van der Waals surface area (Å²) in [4.78, 5) is 30.4. The molecule has 0 radical (unpaired) electrons. The first-order chi connectivity index (χ1) is 14.8. The number of pyridine rings is 2. The Kier molecular flexibility index (Phi) is 6.27. The van der Waals surface area contributed by atoms with Gasteiger partial charge < -0.3 is 9.88 Å². The number of sulfone groups is 1. The molecule has 1 amide bonds. The van der Waals surface area contributed by atoms with E-state index in [0.29, 0.717) is 31.0 Å². The van der Waals surface area contributed by atoms with Crippen molar-refractivity contribution in [2.75, 3.05) is 5.32 Å². The second-order valence-corrected chi connectivity index (χ2v) is 11.0. The summed E-state index contributed by atoms with van der Waals surface area (Å²) < 4.78 is 26.8. The zero-order valence-electron chi connectivity index (χ0n) is 17.8. The Hall–Kier alpha value is -2.48. The lowest BCUT2D eigenvalue weighted by atomic mass is 9.97. The minimum Gasteiger partial charge on any atom is -0.309 e. The molecule has 2 saturated carbocycles. The van der Waals surface area contributed by atoms with Crippen LogP contribution in [0.2, 0.25) is 0 Å². The van der Waals surface area contributed by atoms with Gasteiger partial charge in [0, 0.05) is 18.5 Å². The average molecular weight is 444 g/mol. The third-order valence-corrected chi connectivity index (χ3v) is 8.83. The molecule has 31 heavy (non-hydrogen) atoms. The number of amides is 1. The smallest absolute Gasteiger partial charge is 0.252 e. The van der Waals surface area contributed by atoms with Crippen molar-refractivity contribution in [2.45, 2.75) is 74.5 Å². The van der Waals surface area contributed by atoms with Gasteiger partial charge in [0.25, 0.3) is 5.56 Å². The minimum absolute atomic E-state index is 0.0543. The van der Waals surface area contributed by atoms with Gasteiger partial charge in [-0.3, -0.25) is 9.59 Å². The highest BCUT2D eigenvalue weighted by molar-refractivity contribution is 7.92. The van der Waals surface area contributed by atoms with Gasteiger partial charge in [0.1, 0.15) is 11.9 Å². The van der Waals surface area contributed by atoms with Gasteiger partial charge in [0.15, 0.2) is 9.84 Å². The molecule has 2 aliphatic rings. The molecule has 7 nitrogen and oxygen atoms in total. The van der Waals surface area contributed by atoms with Crippen molar-refractivity contribution in [3.63, 3.8) is 0 Å². The number of nitrogens with one attached hydrogen (secondary N) is 1. The van der Waals surface area contributed by atoms with Gasteiger partial charge in [-0.15, -0.1) is 0 Å². The van der Waals surface area contributed by atoms with Crippen LogP contribution in [-0.4, -0.2) is 29.1 Å². The van der Waals surface area contributed by atoms with E-state index in [2.05, 4.69) is 10.3 Å². The molecule has 8 heteroatoms. The number of hydrogen-bond acceptors (Lipinski definition) is 5. The lowest BCUT2D eigenvalue weighted by Gasteiger charge is -2.26. The molecule has 2 aromatic heterocycles. The van der Waals surface area contributed by atoms with Crippen molar-refractivity contribution in [3.8, 4) is 0 Å². The molecule has 1 atom stereocenters. The summed E-state index contributed by atoms with van der Waals surface area (Å²) >= 11 is 0. The number of aryl methyl sites for hydroxylation is 1. The topological polar surface area (TPSA) is 98.1 Å². The van der Waals surface area contributed by atoms with Crippen LogP contribution in [0.3, 0.4) is 0 Å². The maximum absolute atomic E-state index is 13.2. The van der Waals surface area contributed by atoms with Gasteiger partial charge >= 0.3 is 0 Å². The molecule has 2 aliphatic carbocycles. The van der Waals surface area contributed by atoms with Crippen LogP contribution in [0.25, 0.3) is 0 Å². The van der Waals surface area contributed by atoms with E-state index in [4.69, 9.17) is 0 Å². The third-order valence-electron chi connectivity index (χ3n) is 6.57. The lowest BCUT2D eigenvalue weighted by molar-refractivity contribution is -0.119. The van der Waals surface area contributed by atoms with Crippen LogP contribution < -0.4 is 10.9 Å². The van der Waals surface area contributed by atoms with E-state index >= 15 is 0 Å². The van der Waals surface area contributed by atoms with Crippen molar-refractivity contribution >= 4 is 21.6 Å². The molecule has 4 rings (SSSR count). The highest BCUT2D eigenvalue weighted by Crippen LogP contribution is 2.33. The Morgan fingerprint density at radius 3 is 2.48 bits per heavy atom. The monoisotopic (exact) mass is 443 g/mol. The molecule has 0 saturated heterocycles. The molecule has 1 N–H and O–H groups in total. The van der Waals surface area contributed by atoms with Crippen molar-refractivity contribution in [3.05, 3.63) is 52.6 Å². The van der Waals surface area contributed by atoms with E-state index in [1.165, 1.54) is 22.9 Å². The molecule has 0 unspecified atom stereocenters. The van der Waals surface area contributed by atoms with Gasteiger partial charge in [-0.1, -0.05) is 38.2 Å². The normalized spacial score (nSPS) is 18.5. The summed E-state index contributed by atoms with van der Waals surface area (Å²) in [6.45, 7) is 1.92. The fraction of sp³-hybridized carbons (Fsp3) is 0.522. The predicted molar refractivity (Wildman–Crippen MR) is 119 cm³/mol. The van der Waals surface area contributed by atoms with Crippen LogP contribution in [0.1, 0.15) is 63.0 Å². The van der Waals surface area contributed by atoms with Crippen molar-refractivity contribution in [2.24, 2.45) is 5.92 Å². The SMILES string of the molecule is Cc1ccc(NC(=O)[C@H](CC2CCCC2)n2ccc(S(=O)(=O)C3CCC3)cc2=O)nc1. The van der Waals surface area contributed by atoms with Crippen LogP contribution in [-0.2, 0) is 14.6 Å². The summed E-state index contributed by atoms with van der Waals surface area (Å²) in [7, 11) is -3.49. The van der Waals surface area contributed by atoms with Crippen LogP contribution in [0.5, 0.6) is 0 Å². The molecule has 2 fully saturated rings. The summed E-state index contributed by atoms with van der Waals surface area (Å²) in [5.74, 6) is 0.496. The molecular formula is C23H29N3O4S. The molecule has 0 aromatic carbocycles. The standard InChI is InChI=1S/C23H29N3O4S/c1-16-9-10-21(24-15-16)25-23(28)20(13-17-5-2-3-6-17)26-12-11-19(14-22(26)27)31(29,30)18-7-4-8-18/h9-12,14-15,17-18,20H,2-8,13H2,1H3,(H,24,25,28)/t20-/m0/s1. The molecule has 0 bridgehead atoms.